The lowest BCUT2D eigenvalue weighted by Crippen LogP contribution is -1.85. The molecule has 0 N–H and O–H groups in total. The molecule has 6 aliphatic rings. The number of nitrogens with zero attached hydrogens (tertiary/aromatic N) is 6. The maximum atomic E-state index is 5.01. The summed E-state index contributed by atoms with van der Waals surface area (Å²) >= 11 is 0. The molecule has 0 atom stereocenters. The van der Waals surface area contributed by atoms with E-state index in [0.29, 0.717) is 0 Å². The van der Waals surface area contributed by atoms with Crippen molar-refractivity contribution in [1.82, 2.24) is 0 Å². The lowest BCUT2D eigenvalue weighted by Gasteiger charge is -2.13. The highest BCUT2D eigenvalue weighted by Crippen LogP contribution is 2.48. The van der Waals surface area contributed by atoms with E-state index in [1.54, 1.807) is 0 Å². The van der Waals surface area contributed by atoms with Crippen LogP contribution < -0.4 is 0 Å². The van der Waals surface area contributed by atoms with Crippen molar-refractivity contribution in [1.29, 1.82) is 0 Å². The standard InChI is InChI=1S/C60H38N6/c1-4-16-39-28-33-55(41(39)18-6-1)61-63-57-35-30-47(43-21-10-13-25-50(43)57)48-31-36-59(51-26-14-11-22-44(48)51)65-66-60-38-54(46-20-8-3-9-24-53(46)60)49-32-37-58(52-27-15-12-23-45(49)52)64-62-56-34-29-40-17-5-2-7-19-42(40)56/h1-38H. The van der Waals surface area contributed by atoms with Gasteiger partial charge in [0.25, 0.3) is 0 Å². The molecule has 0 spiro atoms. The molecule has 6 aliphatic carbocycles. The van der Waals surface area contributed by atoms with Gasteiger partial charge in [0.1, 0.15) is 0 Å². The molecule has 6 aromatic rings. The second kappa shape index (κ2) is 16.6. The van der Waals surface area contributed by atoms with Crippen molar-refractivity contribution < 1.29 is 0 Å². The Morgan fingerprint density at radius 1 is 0.167 bits per heavy atom. The molecule has 308 valence electrons. The summed E-state index contributed by atoms with van der Waals surface area (Å²) in [5, 5.41) is 35.4. The van der Waals surface area contributed by atoms with Gasteiger partial charge in [-0.15, -0.1) is 30.7 Å². The molecule has 0 heterocycles. The molecule has 6 nitrogen and oxygen atoms in total. The van der Waals surface area contributed by atoms with Crippen LogP contribution in [-0.4, -0.2) is 0 Å². The van der Waals surface area contributed by atoms with Crippen molar-refractivity contribution in [2.24, 2.45) is 30.7 Å². The van der Waals surface area contributed by atoms with Gasteiger partial charge < -0.3 is 0 Å². The lowest BCUT2D eigenvalue weighted by molar-refractivity contribution is 1.25. The van der Waals surface area contributed by atoms with E-state index in [9.17, 15) is 0 Å². The number of benzene rings is 6. The Morgan fingerprint density at radius 3 is 0.939 bits per heavy atom. The van der Waals surface area contributed by atoms with E-state index in [4.69, 9.17) is 30.7 Å². The first-order valence-corrected chi connectivity index (χ1v) is 22.0. The molecule has 0 bridgehead atoms. The Balaban J connectivity index is 0.897. The molecule has 0 aliphatic heterocycles. The molecule has 6 heteroatoms. The SMILES string of the molecule is c1ccc2ccc(N=Nc3ccc(-c4cc(N=Nc5ccc(-c6ccc(N=Nc7ccc8cccccc7-8)c7ccccc67)c6ccccc56)c5cccccc4-5)c4ccccc34)c-2cc1. The third kappa shape index (κ3) is 6.94. The zero-order valence-corrected chi connectivity index (χ0v) is 35.6. The lowest BCUT2D eigenvalue weighted by atomic mass is 9.93. The first kappa shape index (κ1) is 38.7. The quantitative estimate of drug-likeness (QED) is 0.137. The number of rotatable bonds is 8. The molecule has 0 saturated carbocycles. The van der Waals surface area contributed by atoms with E-state index >= 15 is 0 Å². The van der Waals surface area contributed by atoms with Gasteiger partial charge in [-0.2, -0.15) is 0 Å². The Morgan fingerprint density at radius 2 is 0.485 bits per heavy atom. The molecule has 0 unspecified atom stereocenters. The van der Waals surface area contributed by atoms with E-state index in [0.717, 1.165) is 122 Å². The van der Waals surface area contributed by atoms with Gasteiger partial charge in [0.2, 0.25) is 0 Å². The monoisotopic (exact) mass is 842 g/mol. The van der Waals surface area contributed by atoms with Gasteiger partial charge in [-0.3, -0.25) is 0 Å². The van der Waals surface area contributed by atoms with E-state index in [1.165, 1.54) is 0 Å². The molecular formula is C60H38N6. The van der Waals surface area contributed by atoms with Crippen LogP contribution in [0.1, 0.15) is 0 Å². The van der Waals surface area contributed by atoms with Gasteiger partial charge in [0, 0.05) is 32.8 Å². The minimum absolute atomic E-state index is 0.794. The highest BCUT2D eigenvalue weighted by Gasteiger charge is 2.20. The summed E-state index contributed by atoms with van der Waals surface area (Å²) in [6.45, 7) is 0. The number of hydrogen-bond donors (Lipinski definition) is 0. The first-order chi connectivity index (χ1) is 32.7. The molecule has 0 amide bonds. The van der Waals surface area contributed by atoms with Crippen LogP contribution in [0.2, 0.25) is 0 Å². The summed E-state index contributed by atoms with van der Waals surface area (Å²) in [6.07, 6.45) is 0. The van der Waals surface area contributed by atoms with Crippen molar-refractivity contribution >= 4 is 66.4 Å². The summed E-state index contributed by atoms with van der Waals surface area (Å²) in [4.78, 5) is 0. The van der Waals surface area contributed by atoms with Crippen LogP contribution in [-0.2, 0) is 0 Å². The van der Waals surface area contributed by atoms with E-state index in [1.807, 2.05) is 48.5 Å². The second-order valence-corrected chi connectivity index (χ2v) is 16.3. The van der Waals surface area contributed by atoms with Crippen LogP contribution in [0.5, 0.6) is 0 Å². The number of hydrogen-bond acceptors (Lipinski definition) is 6. The van der Waals surface area contributed by atoms with Crippen LogP contribution in [0.15, 0.2) is 261 Å². The first-order valence-electron chi connectivity index (χ1n) is 22.0. The number of azo groups is 3. The summed E-state index contributed by atoms with van der Waals surface area (Å²) in [7, 11) is 0. The third-order valence-electron chi connectivity index (χ3n) is 12.5. The van der Waals surface area contributed by atoms with E-state index in [2.05, 4.69) is 182 Å². The van der Waals surface area contributed by atoms with Crippen LogP contribution >= 0.6 is 0 Å². The van der Waals surface area contributed by atoms with Crippen molar-refractivity contribution in [2.75, 3.05) is 0 Å². The van der Waals surface area contributed by atoms with E-state index in [-0.39, 0.29) is 0 Å². The third-order valence-corrected chi connectivity index (χ3v) is 12.5. The average molecular weight is 843 g/mol. The molecule has 0 aromatic heterocycles. The molecule has 0 radical (unpaired) electrons. The molecule has 12 rings (SSSR count). The van der Waals surface area contributed by atoms with Crippen LogP contribution in [0, 0.1) is 0 Å². The smallest absolute Gasteiger partial charge is 0.0941 e. The molecule has 66 heavy (non-hydrogen) atoms. The summed E-state index contributed by atoms with van der Waals surface area (Å²) < 4.78 is 0. The Kier molecular flexibility index (Phi) is 9.73. The predicted octanol–water partition coefficient (Wildman–Crippen LogP) is 19.0. The Bertz CT molecular complexity index is 3790. The molecular weight excluding hydrogens is 805 g/mol. The normalized spacial score (nSPS) is 12.1. The zero-order valence-electron chi connectivity index (χ0n) is 35.6. The maximum absolute atomic E-state index is 5.01. The highest BCUT2D eigenvalue weighted by molar-refractivity contribution is 6.11. The second-order valence-electron chi connectivity index (χ2n) is 16.3. The van der Waals surface area contributed by atoms with Gasteiger partial charge in [0.05, 0.1) is 34.1 Å². The number of fused-ring (bicyclic) bond motifs is 6. The fourth-order valence-electron chi connectivity index (χ4n) is 9.31. The van der Waals surface area contributed by atoms with Gasteiger partial charge >= 0.3 is 0 Å². The Hall–Kier alpha value is -9.00. The highest BCUT2D eigenvalue weighted by atomic mass is 15.1. The van der Waals surface area contributed by atoms with Crippen molar-refractivity contribution in [3.63, 3.8) is 0 Å². The predicted molar refractivity (Wildman–Crippen MR) is 272 cm³/mol. The minimum Gasteiger partial charge on any atom is -0.150 e. The summed E-state index contributed by atoms with van der Waals surface area (Å²) in [5.74, 6) is 0. The van der Waals surface area contributed by atoms with Crippen LogP contribution in [0.3, 0.4) is 0 Å². The van der Waals surface area contributed by atoms with Crippen LogP contribution in [0.4, 0.5) is 34.1 Å². The van der Waals surface area contributed by atoms with Gasteiger partial charge in [-0.05, 0) is 91.5 Å². The fraction of sp³-hybridized carbons (Fsp3) is 0. The van der Waals surface area contributed by atoms with Crippen LogP contribution in [0.25, 0.3) is 88.0 Å². The zero-order chi connectivity index (χ0) is 43.8. The van der Waals surface area contributed by atoms with Gasteiger partial charge in [-0.25, -0.2) is 0 Å². The van der Waals surface area contributed by atoms with Crippen molar-refractivity contribution in [3.05, 3.63) is 231 Å². The van der Waals surface area contributed by atoms with Crippen molar-refractivity contribution in [3.8, 4) is 55.6 Å². The topological polar surface area (TPSA) is 74.2 Å². The summed E-state index contributed by atoms with van der Waals surface area (Å²) in [5.41, 5.74) is 15.9. The summed E-state index contributed by atoms with van der Waals surface area (Å²) in [6, 6.07) is 79.4. The molecule has 0 fully saturated rings. The largest absolute Gasteiger partial charge is 0.150 e. The van der Waals surface area contributed by atoms with E-state index < -0.39 is 0 Å². The fourth-order valence-corrected chi connectivity index (χ4v) is 9.31. The van der Waals surface area contributed by atoms with Gasteiger partial charge in [0.15, 0.2) is 0 Å². The van der Waals surface area contributed by atoms with Crippen molar-refractivity contribution in [2.45, 2.75) is 0 Å². The minimum atomic E-state index is 0.794. The van der Waals surface area contributed by atoms with Gasteiger partial charge in [-0.1, -0.05) is 194 Å². The Labute approximate surface area is 381 Å². The molecule has 6 aromatic carbocycles. The molecule has 0 saturated heterocycles. The average Bonchev–Trinajstić information content (AvgIpc) is 3.79. The maximum Gasteiger partial charge on any atom is 0.0941 e.